The second-order valence-corrected chi connectivity index (χ2v) is 4.84. The van der Waals surface area contributed by atoms with Crippen LogP contribution in [0.2, 0.25) is 5.02 Å². The van der Waals surface area contributed by atoms with Crippen molar-refractivity contribution in [3.8, 4) is 11.5 Å². The van der Waals surface area contributed by atoms with Crippen LogP contribution in [-0.2, 0) is 17.1 Å². The Morgan fingerprint density at radius 3 is 2.80 bits per heavy atom. The highest BCUT2D eigenvalue weighted by Gasteiger charge is 2.18. The van der Waals surface area contributed by atoms with E-state index in [0.29, 0.717) is 39.7 Å². The number of rotatable bonds is 4. The van der Waals surface area contributed by atoms with Crippen molar-refractivity contribution in [3.05, 3.63) is 28.7 Å². The molecular weight excluding hydrogens is 348 g/mol. The third-order valence-electron chi connectivity index (χ3n) is 2.60. The molecule has 0 atom stereocenters. The van der Waals surface area contributed by atoms with Gasteiger partial charge in [-0.2, -0.15) is 5.10 Å². The van der Waals surface area contributed by atoms with E-state index < -0.39 is 5.97 Å². The van der Waals surface area contributed by atoms with Gasteiger partial charge < -0.3 is 4.74 Å². The summed E-state index contributed by atoms with van der Waals surface area (Å²) in [4.78, 5) is 20.3. The van der Waals surface area contributed by atoms with Gasteiger partial charge in [0.1, 0.15) is 11.3 Å². The van der Waals surface area contributed by atoms with E-state index in [9.17, 15) is 4.79 Å². The van der Waals surface area contributed by atoms with Crippen LogP contribution in [0.1, 0.15) is 23.0 Å². The van der Waals surface area contributed by atoms with Gasteiger partial charge in [-0.05, 0) is 6.92 Å². The van der Waals surface area contributed by atoms with Crippen LogP contribution < -0.4 is 0 Å². The summed E-state index contributed by atoms with van der Waals surface area (Å²) in [7, 11) is 1.75. The predicted octanol–water partition coefficient (Wildman–Crippen LogP) is 2.60. The second kappa shape index (κ2) is 6.32. The molecular formula is C12H12BrClN4O2. The third kappa shape index (κ3) is 2.83. The summed E-state index contributed by atoms with van der Waals surface area (Å²) in [6, 6.07) is 0. The number of carbonyl (C=O) groups is 1. The van der Waals surface area contributed by atoms with E-state index in [1.165, 1.54) is 12.4 Å². The fraction of sp³-hybridized carbons (Fsp3) is 0.333. The standard InChI is InChI=1S/C12H12BrClN4O2/c1-3-20-12(19)7-5-15-11(17-9(7)4-13)10-8(14)6-16-18(10)2/h5-6H,3-4H2,1-2H3. The van der Waals surface area contributed by atoms with Crippen molar-refractivity contribution < 1.29 is 9.53 Å². The van der Waals surface area contributed by atoms with Gasteiger partial charge in [-0.3, -0.25) is 4.68 Å². The highest BCUT2D eigenvalue weighted by atomic mass is 79.9. The number of halogens is 2. The lowest BCUT2D eigenvalue weighted by atomic mass is 10.2. The molecule has 0 spiro atoms. The highest BCUT2D eigenvalue weighted by molar-refractivity contribution is 9.08. The summed E-state index contributed by atoms with van der Waals surface area (Å²) in [5.41, 5.74) is 1.49. The number of alkyl halides is 1. The first-order chi connectivity index (χ1) is 9.58. The highest BCUT2D eigenvalue weighted by Crippen LogP contribution is 2.25. The molecule has 0 aromatic carbocycles. The smallest absolute Gasteiger partial charge is 0.341 e. The lowest BCUT2D eigenvalue weighted by molar-refractivity contribution is 0.0524. The molecule has 0 unspecified atom stereocenters. The van der Waals surface area contributed by atoms with E-state index in [4.69, 9.17) is 16.3 Å². The fourth-order valence-corrected chi connectivity index (χ4v) is 2.35. The van der Waals surface area contributed by atoms with Gasteiger partial charge in [0.2, 0.25) is 0 Å². The first kappa shape index (κ1) is 14.9. The minimum absolute atomic E-state index is 0.301. The molecule has 2 aromatic rings. The molecule has 0 N–H and O–H groups in total. The molecule has 0 saturated heterocycles. The maximum atomic E-state index is 11.8. The first-order valence-corrected chi connectivity index (χ1v) is 7.35. The van der Waals surface area contributed by atoms with Crippen molar-refractivity contribution in [2.75, 3.05) is 6.61 Å². The van der Waals surface area contributed by atoms with Crippen LogP contribution in [0.25, 0.3) is 11.5 Å². The van der Waals surface area contributed by atoms with Gasteiger partial charge >= 0.3 is 5.97 Å². The lowest BCUT2D eigenvalue weighted by Crippen LogP contribution is -2.11. The number of ether oxygens (including phenoxy) is 1. The largest absolute Gasteiger partial charge is 0.462 e. The quantitative estimate of drug-likeness (QED) is 0.620. The van der Waals surface area contributed by atoms with E-state index in [0.717, 1.165) is 0 Å². The number of aryl methyl sites for hydroxylation is 1. The minimum Gasteiger partial charge on any atom is -0.462 e. The molecule has 2 heterocycles. The van der Waals surface area contributed by atoms with Crippen LogP contribution in [0.15, 0.2) is 12.4 Å². The lowest BCUT2D eigenvalue weighted by Gasteiger charge is -2.08. The van der Waals surface area contributed by atoms with E-state index in [1.807, 2.05) is 0 Å². The van der Waals surface area contributed by atoms with Crippen molar-refractivity contribution >= 4 is 33.5 Å². The molecule has 0 saturated carbocycles. The first-order valence-electron chi connectivity index (χ1n) is 5.85. The summed E-state index contributed by atoms with van der Waals surface area (Å²) in [6.45, 7) is 2.05. The van der Waals surface area contributed by atoms with Crippen molar-refractivity contribution in [2.24, 2.45) is 7.05 Å². The Balaban J connectivity index is 2.47. The molecule has 0 amide bonds. The molecule has 106 valence electrons. The van der Waals surface area contributed by atoms with E-state index in [2.05, 4.69) is 31.0 Å². The van der Waals surface area contributed by atoms with Gasteiger partial charge in [0, 0.05) is 18.6 Å². The number of esters is 1. The maximum absolute atomic E-state index is 11.8. The zero-order chi connectivity index (χ0) is 14.7. The van der Waals surface area contributed by atoms with E-state index in [1.54, 1.807) is 18.7 Å². The molecule has 0 aliphatic carbocycles. The van der Waals surface area contributed by atoms with Crippen molar-refractivity contribution in [2.45, 2.75) is 12.3 Å². The molecule has 6 nitrogen and oxygen atoms in total. The Morgan fingerprint density at radius 1 is 1.50 bits per heavy atom. The summed E-state index contributed by atoms with van der Waals surface area (Å²) in [5.74, 6) is -0.0258. The van der Waals surface area contributed by atoms with Crippen molar-refractivity contribution in [3.63, 3.8) is 0 Å². The summed E-state index contributed by atoms with van der Waals surface area (Å²) < 4.78 is 6.55. The fourth-order valence-electron chi connectivity index (χ4n) is 1.67. The number of hydrogen-bond donors (Lipinski definition) is 0. The molecule has 0 aliphatic heterocycles. The minimum atomic E-state index is -0.440. The molecule has 0 bridgehead atoms. The van der Waals surface area contributed by atoms with E-state index in [-0.39, 0.29) is 0 Å². The maximum Gasteiger partial charge on any atom is 0.341 e. The Hall–Kier alpha value is -1.47. The summed E-state index contributed by atoms with van der Waals surface area (Å²) in [5, 5.41) is 4.90. The monoisotopic (exact) mass is 358 g/mol. The zero-order valence-corrected chi connectivity index (χ0v) is 13.3. The van der Waals surface area contributed by atoms with Gasteiger partial charge in [-0.15, -0.1) is 0 Å². The van der Waals surface area contributed by atoms with Gasteiger partial charge in [0.15, 0.2) is 5.82 Å². The Bertz CT molecular complexity index is 625. The topological polar surface area (TPSA) is 69.9 Å². The average molecular weight is 360 g/mol. The molecule has 2 rings (SSSR count). The van der Waals surface area contributed by atoms with Crippen molar-refractivity contribution in [1.82, 2.24) is 19.7 Å². The van der Waals surface area contributed by atoms with Crippen LogP contribution in [0.5, 0.6) is 0 Å². The van der Waals surface area contributed by atoms with Crippen LogP contribution in [0.3, 0.4) is 0 Å². The molecule has 20 heavy (non-hydrogen) atoms. The van der Waals surface area contributed by atoms with Crippen LogP contribution >= 0.6 is 27.5 Å². The third-order valence-corrected chi connectivity index (χ3v) is 3.40. The molecule has 0 fully saturated rings. The van der Waals surface area contributed by atoms with Gasteiger partial charge in [-0.25, -0.2) is 14.8 Å². The predicted molar refractivity (Wildman–Crippen MR) is 77.8 cm³/mol. The molecule has 8 heteroatoms. The molecule has 0 aliphatic rings. The number of aromatic nitrogens is 4. The summed E-state index contributed by atoms with van der Waals surface area (Å²) >= 11 is 9.37. The van der Waals surface area contributed by atoms with Gasteiger partial charge in [0.25, 0.3) is 0 Å². The van der Waals surface area contributed by atoms with Crippen LogP contribution in [0.4, 0.5) is 0 Å². The second-order valence-electron chi connectivity index (χ2n) is 3.87. The Kier molecular flexibility index (Phi) is 4.72. The number of nitrogens with zero attached hydrogens (tertiary/aromatic N) is 4. The van der Waals surface area contributed by atoms with Crippen LogP contribution in [0, 0.1) is 0 Å². The zero-order valence-electron chi connectivity index (χ0n) is 10.9. The number of carbonyl (C=O) groups excluding carboxylic acids is 1. The Morgan fingerprint density at radius 2 is 2.25 bits per heavy atom. The van der Waals surface area contributed by atoms with Crippen molar-refractivity contribution in [1.29, 1.82) is 0 Å². The van der Waals surface area contributed by atoms with Gasteiger partial charge in [-0.1, -0.05) is 27.5 Å². The van der Waals surface area contributed by atoms with Gasteiger partial charge in [0.05, 0.1) is 23.5 Å². The summed E-state index contributed by atoms with van der Waals surface area (Å²) in [6.07, 6.45) is 2.97. The van der Waals surface area contributed by atoms with E-state index >= 15 is 0 Å². The number of hydrogen-bond acceptors (Lipinski definition) is 5. The Labute approximate surface area is 129 Å². The molecule has 2 aromatic heterocycles. The molecule has 0 radical (unpaired) electrons. The van der Waals surface area contributed by atoms with Crippen LogP contribution in [-0.4, -0.2) is 32.3 Å². The average Bonchev–Trinajstić information content (AvgIpc) is 2.77. The SMILES string of the molecule is CCOC(=O)c1cnc(-c2c(Cl)cnn2C)nc1CBr. The normalized spacial score (nSPS) is 10.6.